The summed E-state index contributed by atoms with van der Waals surface area (Å²) in [5.74, 6) is -1.78. The van der Waals surface area contributed by atoms with Gasteiger partial charge >= 0.3 is 5.97 Å². The number of phenolic OH excluding ortho intramolecular Hbond substituents is 1. The minimum Gasteiger partial charge on any atom is -0.508 e. The van der Waals surface area contributed by atoms with Gasteiger partial charge in [-0.3, -0.25) is 4.79 Å². The van der Waals surface area contributed by atoms with Crippen molar-refractivity contribution in [1.82, 2.24) is 5.01 Å². The minimum absolute atomic E-state index is 0.0428. The number of carbonyl (C=O) groups is 2. The predicted molar refractivity (Wildman–Crippen MR) is 102 cm³/mol. The monoisotopic (exact) mass is 384 g/mol. The second-order valence-electron chi connectivity index (χ2n) is 6.16. The summed E-state index contributed by atoms with van der Waals surface area (Å²) in [5, 5.41) is 25.2. The van der Waals surface area contributed by atoms with Crippen LogP contribution in [0.15, 0.2) is 59.7 Å². The van der Waals surface area contributed by atoms with Crippen LogP contribution in [-0.2, 0) is 9.59 Å². The summed E-state index contributed by atoms with van der Waals surface area (Å²) in [5.41, 5.74) is 2.73. The Morgan fingerprint density at radius 1 is 1.22 bits per heavy atom. The van der Waals surface area contributed by atoms with E-state index in [0.717, 1.165) is 17.7 Å². The van der Waals surface area contributed by atoms with Gasteiger partial charge in [-0.15, -0.1) is 0 Å². The predicted octanol–water partition coefficient (Wildman–Crippen LogP) is 3.67. The van der Waals surface area contributed by atoms with Gasteiger partial charge in [0.05, 0.1) is 11.8 Å². The number of hydrazone groups is 1. The van der Waals surface area contributed by atoms with Gasteiger partial charge in [0.15, 0.2) is 0 Å². The molecular formula is C20H17ClN2O4. The van der Waals surface area contributed by atoms with E-state index in [4.69, 9.17) is 16.7 Å². The molecule has 0 saturated carbocycles. The number of nitrogens with zero attached hydrogens (tertiary/aromatic N) is 2. The molecule has 0 radical (unpaired) electrons. The molecule has 2 N–H and O–H groups in total. The van der Waals surface area contributed by atoms with E-state index >= 15 is 0 Å². The number of amides is 1. The molecule has 1 amide bonds. The summed E-state index contributed by atoms with van der Waals surface area (Å²) in [6, 6.07) is 11.7. The number of benzene rings is 2. The number of rotatable bonds is 4. The Kier molecular flexibility index (Phi) is 5.28. The third kappa shape index (κ3) is 4.01. The van der Waals surface area contributed by atoms with E-state index in [-0.39, 0.29) is 5.75 Å². The Hall–Kier alpha value is -3.12. The third-order valence-electron chi connectivity index (χ3n) is 4.23. The lowest BCUT2D eigenvalue weighted by Crippen LogP contribution is -2.25. The molecule has 2 aromatic carbocycles. The quantitative estimate of drug-likeness (QED) is 0.787. The molecule has 0 saturated heterocycles. The smallest absolute Gasteiger partial charge is 0.328 e. The maximum Gasteiger partial charge on any atom is 0.328 e. The molecule has 1 aliphatic rings. The zero-order valence-corrected chi connectivity index (χ0v) is 15.2. The average Bonchev–Trinajstić information content (AvgIpc) is 3.07. The fourth-order valence-electron chi connectivity index (χ4n) is 2.97. The van der Waals surface area contributed by atoms with Gasteiger partial charge in [0.25, 0.3) is 5.91 Å². The molecule has 1 aliphatic heterocycles. The fraction of sp³-hybridized carbons (Fsp3) is 0.150. The normalized spacial score (nSPS) is 16.6. The maximum absolute atomic E-state index is 12.5. The molecule has 0 bridgehead atoms. The standard InChI is InChI=1S/C20H17ClN2O4/c1-12-6-7-18(24)14(10-12)17-11-16(13-4-2-3-5-15(13)21)22-23(17)19(25)8-9-20(26)27/h2-10,17,24H,11H2,1H3,(H,26,27)/b9-8-. The number of carboxylic acid groups (broad SMARTS) is 1. The SMILES string of the molecule is Cc1ccc(O)c(C2CC(c3ccccc3Cl)=NN2C(=O)/C=C\C(=O)O)c1. The van der Waals surface area contributed by atoms with Crippen molar-refractivity contribution in [3.63, 3.8) is 0 Å². The number of hydrogen-bond acceptors (Lipinski definition) is 4. The first kappa shape index (κ1) is 18.7. The summed E-state index contributed by atoms with van der Waals surface area (Å²) in [7, 11) is 0. The lowest BCUT2D eigenvalue weighted by Gasteiger charge is -2.22. The lowest BCUT2D eigenvalue weighted by molar-refractivity contribution is -0.132. The van der Waals surface area contributed by atoms with Crippen molar-refractivity contribution >= 4 is 29.2 Å². The Morgan fingerprint density at radius 3 is 2.67 bits per heavy atom. The van der Waals surface area contributed by atoms with E-state index in [1.54, 1.807) is 36.4 Å². The second kappa shape index (κ2) is 7.63. The number of aliphatic carboxylic acids is 1. The van der Waals surface area contributed by atoms with Crippen LogP contribution in [0.25, 0.3) is 0 Å². The molecule has 0 aromatic heterocycles. The minimum atomic E-state index is -1.23. The molecule has 3 rings (SSSR count). The zero-order valence-electron chi connectivity index (χ0n) is 14.5. The molecule has 138 valence electrons. The Balaban J connectivity index is 2.04. The summed E-state index contributed by atoms with van der Waals surface area (Å²) in [4.78, 5) is 23.3. The zero-order chi connectivity index (χ0) is 19.6. The van der Waals surface area contributed by atoms with Gasteiger partial charge in [-0.05, 0) is 19.1 Å². The van der Waals surface area contributed by atoms with E-state index in [2.05, 4.69) is 5.10 Å². The average molecular weight is 385 g/mol. The molecule has 0 aliphatic carbocycles. The van der Waals surface area contributed by atoms with E-state index < -0.39 is 17.9 Å². The topological polar surface area (TPSA) is 90.2 Å². The Bertz CT molecular complexity index is 968. The van der Waals surface area contributed by atoms with Crippen LogP contribution < -0.4 is 0 Å². The van der Waals surface area contributed by atoms with Crippen LogP contribution in [0.4, 0.5) is 0 Å². The highest BCUT2D eigenvalue weighted by Gasteiger charge is 2.34. The number of phenols is 1. The van der Waals surface area contributed by atoms with Crippen LogP contribution in [0.3, 0.4) is 0 Å². The highest BCUT2D eigenvalue weighted by Crippen LogP contribution is 2.38. The molecule has 7 heteroatoms. The van der Waals surface area contributed by atoms with E-state index in [9.17, 15) is 14.7 Å². The molecule has 1 atom stereocenters. The third-order valence-corrected chi connectivity index (χ3v) is 4.56. The number of carboxylic acids is 1. The summed E-state index contributed by atoms with van der Waals surface area (Å²) in [6.45, 7) is 1.88. The van der Waals surface area contributed by atoms with E-state index in [1.165, 1.54) is 5.01 Å². The van der Waals surface area contributed by atoms with E-state index in [1.807, 2.05) is 13.0 Å². The first-order chi connectivity index (χ1) is 12.9. The number of aromatic hydroxyl groups is 1. The van der Waals surface area contributed by atoms with Crippen LogP contribution in [0.5, 0.6) is 5.75 Å². The Morgan fingerprint density at radius 2 is 1.96 bits per heavy atom. The number of carbonyl (C=O) groups excluding carboxylic acids is 1. The largest absolute Gasteiger partial charge is 0.508 e. The lowest BCUT2D eigenvalue weighted by atomic mass is 9.96. The second-order valence-corrected chi connectivity index (χ2v) is 6.57. The van der Waals surface area contributed by atoms with Gasteiger partial charge in [-0.1, -0.05) is 47.5 Å². The first-order valence-electron chi connectivity index (χ1n) is 8.23. The molecule has 0 spiro atoms. The van der Waals surface area contributed by atoms with Crippen molar-refractivity contribution in [2.45, 2.75) is 19.4 Å². The fourth-order valence-corrected chi connectivity index (χ4v) is 3.22. The molecule has 1 heterocycles. The van der Waals surface area contributed by atoms with Crippen molar-refractivity contribution in [2.75, 3.05) is 0 Å². The van der Waals surface area contributed by atoms with Gasteiger partial charge in [-0.25, -0.2) is 9.80 Å². The molecule has 6 nitrogen and oxygen atoms in total. The summed E-state index contributed by atoms with van der Waals surface area (Å²) in [6.07, 6.45) is 2.05. The van der Waals surface area contributed by atoms with E-state index in [0.29, 0.717) is 28.3 Å². The molecule has 1 unspecified atom stereocenters. The summed E-state index contributed by atoms with van der Waals surface area (Å²) < 4.78 is 0. The van der Waals surface area contributed by atoms with Gasteiger partial charge < -0.3 is 10.2 Å². The van der Waals surface area contributed by atoms with Gasteiger partial charge in [0.1, 0.15) is 5.75 Å². The van der Waals surface area contributed by atoms with Crippen LogP contribution >= 0.6 is 11.6 Å². The highest BCUT2D eigenvalue weighted by molar-refractivity contribution is 6.34. The molecule has 0 fully saturated rings. The van der Waals surface area contributed by atoms with Crippen molar-refractivity contribution < 1.29 is 19.8 Å². The van der Waals surface area contributed by atoms with Gasteiger partial charge in [0.2, 0.25) is 0 Å². The van der Waals surface area contributed by atoms with Crippen molar-refractivity contribution in [2.24, 2.45) is 5.10 Å². The maximum atomic E-state index is 12.5. The molecule has 2 aromatic rings. The van der Waals surface area contributed by atoms with Crippen molar-refractivity contribution in [1.29, 1.82) is 0 Å². The van der Waals surface area contributed by atoms with Crippen LogP contribution in [0, 0.1) is 6.92 Å². The highest BCUT2D eigenvalue weighted by atomic mass is 35.5. The number of aryl methyl sites for hydroxylation is 1. The number of halogens is 1. The number of hydrogen-bond donors (Lipinski definition) is 2. The summed E-state index contributed by atoms with van der Waals surface area (Å²) >= 11 is 6.26. The molecule has 27 heavy (non-hydrogen) atoms. The van der Waals surface area contributed by atoms with Crippen molar-refractivity contribution in [3.05, 3.63) is 76.3 Å². The van der Waals surface area contributed by atoms with Gasteiger partial charge in [0, 0.05) is 34.7 Å². The van der Waals surface area contributed by atoms with Crippen LogP contribution in [0.2, 0.25) is 5.02 Å². The van der Waals surface area contributed by atoms with Gasteiger partial charge in [-0.2, -0.15) is 5.10 Å². The van der Waals surface area contributed by atoms with Crippen molar-refractivity contribution in [3.8, 4) is 5.75 Å². The van der Waals surface area contributed by atoms with Crippen LogP contribution in [0.1, 0.15) is 29.2 Å². The Labute approximate surface area is 161 Å². The van der Waals surface area contributed by atoms with Crippen LogP contribution in [-0.4, -0.2) is 32.8 Å². The molecular weight excluding hydrogens is 368 g/mol. The first-order valence-corrected chi connectivity index (χ1v) is 8.60.